The van der Waals surface area contributed by atoms with Gasteiger partial charge in [-0.1, -0.05) is 6.07 Å². The van der Waals surface area contributed by atoms with Crippen LogP contribution in [0.4, 0.5) is 0 Å². The Morgan fingerprint density at radius 1 is 1.25 bits per heavy atom. The molecule has 0 saturated heterocycles. The van der Waals surface area contributed by atoms with Crippen LogP contribution in [0.15, 0.2) is 12.1 Å². The Balaban J connectivity index is 2.32. The summed E-state index contributed by atoms with van der Waals surface area (Å²) < 4.78 is 10.2. The zero-order valence-electron chi connectivity index (χ0n) is 9.49. The standard InChI is InChI=1S/C12H16O4/c1-15-9-4-3-8(7-12(14)5-6-12)10(13)11(9)16-2/h3-4,13-14H,5-7H2,1-2H3. The molecule has 1 aromatic carbocycles. The summed E-state index contributed by atoms with van der Waals surface area (Å²) in [4.78, 5) is 0. The van der Waals surface area contributed by atoms with Gasteiger partial charge in [0.15, 0.2) is 11.5 Å². The van der Waals surface area contributed by atoms with Crippen LogP contribution >= 0.6 is 0 Å². The highest BCUT2D eigenvalue weighted by Gasteiger charge is 2.41. The number of aromatic hydroxyl groups is 1. The molecule has 0 aromatic heterocycles. The fourth-order valence-corrected chi connectivity index (χ4v) is 1.77. The molecule has 4 nitrogen and oxygen atoms in total. The van der Waals surface area contributed by atoms with Crippen molar-refractivity contribution in [2.24, 2.45) is 0 Å². The second-order valence-corrected chi connectivity index (χ2v) is 4.21. The lowest BCUT2D eigenvalue weighted by atomic mass is 10.0. The molecule has 0 atom stereocenters. The van der Waals surface area contributed by atoms with E-state index in [1.54, 1.807) is 12.1 Å². The molecule has 2 rings (SSSR count). The molecule has 0 radical (unpaired) electrons. The van der Waals surface area contributed by atoms with Gasteiger partial charge in [-0.2, -0.15) is 0 Å². The average Bonchev–Trinajstić information content (AvgIpc) is 2.99. The van der Waals surface area contributed by atoms with Gasteiger partial charge in [-0.25, -0.2) is 0 Å². The van der Waals surface area contributed by atoms with Crippen molar-refractivity contribution in [3.8, 4) is 17.2 Å². The predicted molar refractivity (Wildman–Crippen MR) is 59.1 cm³/mol. The van der Waals surface area contributed by atoms with E-state index in [0.717, 1.165) is 12.8 Å². The van der Waals surface area contributed by atoms with Gasteiger partial charge in [-0.3, -0.25) is 0 Å². The largest absolute Gasteiger partial charge is 0.504 e. The molecule has 0 aliphatic heterocycles. The van der Waals surface area contributed by atoms with Crippen molar-refractivity contribution >= 4 is 0 Å². The minimum Gasteiger partial charge on any atom is -0.504 e. The molecule has 0 heterocycles. The van der Waals surface area contributed by atoms with Gasteiger partial charge in [0, 0.05) is 12.0 Å². The monoisotopic (exact) mass is 224 g/mol. The van der Waals surface area contributed by atoms with E-state index in [2.05, 4.69) is 0 Å². The first kappa shape index (κ1) is 11.1. The Kier molecular flexibility index (Phi) is 2.68. The lowest BCUT2D eigenvalue weighted by molar-refractivity contribution is 0.149. The first-order valence-corrected chi connectivity index (χ1v) is 5.25. The maximum Gasteiger partial charge on any atom is 0.203 e. The van der Waals surface area contributed by atoms with Crippen LogP contribution in [0.1, 0.15) is 18.4 Å². The number of benzene rings is 1. The van der Waals surface area contributed by atoms with Crippen molar-refractivity contribution in [1.29, 1.82) is 0 Å². The molecule has 1 aliphatic rings. The van der Waals surface area contributed by atoms with Crippen LogP contribution in [0.25, 0.3) is 0 Å². The molecule has 16 heavy (non-hydrogen) atoms. The molecule has 1 saturated carbocycles. The van der Waals surface area contributed by atoms with Crippen LogP contribution in [0, 0.1) is 0 Å². The number of phenolic OH excluding ortho intramolecular Hbond substituents is 1. The third-order valence-corrected chi connectivity index (χ3v) is 2.95. The molecule has 0 unspecified atom stereocenters. The minimum absolute atomic E-state index is 0.0576. The van der Waals surface area contributed by atoms with E-state index in [-0.39, 0.29) is 5.75 Å². The normalized spacial score (nSPS) is 16.9. The summed E-state index contributed by atoms with van der Waals surface area (Å²) in [5.74, 6) is 0.873. The Morgan fingerprint density at radius 3 is 2.44 bits per heavy atom. The van der Waals surface area contributed by atoms with Gasteiger partial charge in [0.2, 0.25) is 5.75 Å². The van der Waals surface area contributed by atoms with Crippen LogP contribution in [0.5, 0.6) is 17.2 Å². The molecule has 0 amide bonds. The molecule has 88 valence electrons. The second-order valence-electron chi connectivity index (χ2n) is 4.21. The van der Waals surface area contributed by atoms with Crippen LogP contribution in [0.3, 0.4) is 0 Å². The summed E-state index contributed by atoms with van der Waals surface area (Å²) in [6.45, 7) is 0. The third kappa shape index (κ3) is 1.93. The molecule has 0 spiro atoms. The molecule has 1 fully saturated rings. The van der Waals surface area contributed by atoms with E-state index in [1.807, 2.05) is 0 Å². The molecule has 1 aliphatic carbocycles. The van der Waals surface area contributed by atoms with Crippen LogP contribution in [-0.2, 0) is 6.42 Å². The Hall–Kier alpha value is -1.42. The lowest BCUT2D eigenvalue weighted by Gasteiger charge is -2.14. The van der Waals surface area contributed by atoms with E-state index >= 15 is 0 Å². The Morgan fingerprint density at radius 2 is 1.94 bits per heavy atom. The molecule has 4 heteroatoms. The van der Waals surface area contributed by atoms with Crippen molar-refractivity contribution < 1.29 is 19.7 Å². The second kappa shape index (κ2) is 3.87. The van der Waals surface area contributed by atoms with Gasteiger partial charge in [0.05, 0.1) is 19.8 Å². The zero-order valence-corrected chi connectivity index (χ0v) is 9.49. The number of hydrogen-bond donors (Lipinski definition) is 2. The van der Waals surface area contributed by atoms with Crippen LogP contribution in [0.2, 0.25) is 0 Å². The average molecular weight is 224 g/mol. The molecule has 0 bridgehead atoms. The molecule has 1 aromatic rings. The van der Waals surface area contributed by atoms with E-state index < -0.39 is 5.60 Å². The SMILES string of the molecule is COc1ccc(CC2(O)CC2)c(O)c1OC. The highest BCUT2D eigenvalue weighted by Crippen LogP contribution is 2.44. The number of aliphatic hydroxyl groups is 1. The highest BCUT2D eigenvalue weighted by molar-refractivity contribution is 5.55. The fourth-order valence-electron chi connectivity index (χ4n) is 1.77. The molecular formula is C12H16O4. The number of phenols is 1. The third-order valence-electron chi connectivity index (χ3n) is 2.95. The zero-order chi connectivity index (χ0) is 11.8. The summed E-state index contributed by atoms with van der Waals surface area (Å²) in [6, 6.07) is 3.49. The van der Waals surface area contributed by atoms with E-state index in [4.69, 9.17) is 9.47 Å². The van der Waals surface area contributed by atoms with E-state index in [9.17, 15) is 10.2 Å². The Bertz CT molecular complexity index is 396. The van der Waals surface area contributed by atoms with E-state index in [1.165, 1.54) is 14.2 Å². The lowest BCUT2D eigenvalue weighted by Crippen LogP contribution is -2.11. The quantitative estimate of drug-likeness (QED) is 0.813. The smallest absolute Gasteiger partial charge is 0.203 e. The molecular weight excluding hydrogens is 208 g/mol. The van der Waals surface area contributed by atoms with Gasteiger partial charge >= 0.3 is 0 Å². The van der Waals surface area contributed by atoms with E-state index in [0.29, 0.717) is 23.5 Å². The molecule has 2 N–H and O–H groups in total. The Labute approximate surface area is 94.4 Å². The van der Waals surface area contributed by atoms with Gasteiger partial charge in [0.1, 0.15) is 0 Å². The summed E-state index contributed by atoms with van der Waals surface area (Å²) in [5, 5.41) is 19.8. The summed E-state index contributed by atoms with van der Waals surface area (Å²) in [5.41, 5.74) is 0.0644. The van der Waals surface area contributed by atoms with Crippen molar-refractivity contribution in [2.75, 3.05) is 14.2 Å². The maximum absolute atomic E-state index is 9.98. The first-order chi connectivity index (χ1) is 7.59. The maximum atomic E-state index is 9.98. The highest BCUT2D eigenvalue weighted by atomic mass is 16.5. The number of methoxy groups -OCH3 is 2. The van der Waals surface area contributed by atoms with Gasteiger partial charge in [-0.05, 0) is 18.9 Å². The van der Waals surface area contributed by atoms with Crippen molar-refractivity contribution in [1.82, 2.24) is 0 Å². The number of ether oxygens (including phenoxy) is 2. The van der Waals surface area contributed by atoms with Crippen molar-refractivity contribution in [2.45, 2.75) is 24.9 Å². The summed E-state index contributed by atoms with van der Waals surface area (Å²) >= 11 is 0. The summed E-state index contributed by atoms with van der Waals surface area (Å²) in [7, 11) is 3.00. The van der Waals surface area contributed by atoms with Gasteiger partial charge in [-0.15, -0.1) is 0 Å². The minimum atomic E-state index is -0.628. The topological polar surface area (TPSA) is 58.9 Å². The van der Waals surface area contributed by atoms with Crippen molar-refractivity contribution in [3.05, 3.63) is 17.7 Å². The van der Waals surface area contributed by atoms with Gasteiger partial charge in [0.25, 0.3) is 0 Å². The fraction of sp³-hybridized carbons (Fsp3) is 0.500. The van der Waals surface area contributed by atoms with Crippen molar-refractivity contribution in [3.63, 3.8) is 0 Å². The number of rotatable bonds is 4. The van der Waals surface area contributed by atoms with Crippen LogP contribution in [-0.4, -0.2) is 30.0 Å². The van der Waals surface area contributed by atoms with Gasteiger partial charge < -0.3 is 19.7 Å². The number of hydrogen-bond acceptors (Lipinski definition) is 4. The summed E-state index contributed by atoms with van der Waals surface area (Å²) in [6.07, 6.45) is 2.04. The van der Waals surface area contributed by atoms with Crippen LogP contribution < -0.4 is 9.47 Å². The first-order valence-electron chi connectivity index (χ1n) is 5.25. The predicted octanol–water partition coefficient (Wildman–Crippen LogP) is 1.48.